The first kappa shape index (κ1) is 10.3. The smallest absolute Gasteiger partial charge is 0.163 e. The van der Waals surface area contributed by atoms with Gasteiger partial charge in [-0.1, -0.05) is 12.1 Å². The molecule has 0 saturated heterocycles. The molecule has 0 aliphatic carbocycles. The summed E-state index contributed by atoms with van der Waals surface area (Å²) in [5, 5.41) is 25.1. The first-order valence-electron chi connectivity index (χ1n) is 4.81. The lowest BCUT2D eigenvalue weighted by Gasteiger charge is -2.04. The van der Waals surface area contributed by atoms with Crippen molar-refractivity contribution in [3.8, 4) is 11.8 Å². The van der Waals surface area contributed by atoms with E-state index in [9.17, 15) is 0 Å². The number of hydrogen-bond donors (Lipinski definition) is 1. The number of hydrogen-bond acceptors (Lipinski definition) is 4. The summed E-state index contributed by atoms with van der Waals surface area (Å²) in [6, 6.07) is 9.58. The minimum Gasteiger partial charge on any atom is -0.388 e. The predicted octanol–water partition coefficient (Wildman–Crippen LogP) is 0.826. The summed E-state index contributed by atoms with van der Waals surface area (Å²) >= 11 is 0. The van der Waals surface area contributed by atoms with E-state index in [-0.39, 0.29) is 6.61 Å². The zero-order chi connectivity index (χ0) is 11.4. The van der Waals surface area contributed by atoms with Gasteiger partial charge in [0, 0.05) is 5.69 Å². The number of rotatable bonds is 3. The summed E-state index contributed by atoms with van der Waals surface area (Å²) in [5.41, 5.74) is 1.83. The highest BCUT2D eigenvalue weighted by Crippen LogP contribution is 2.11. The van der Waals surface area contributed by atoms with Crippen LogP contribution in [-0.2, 0) is 13.0 Å². The van der Waals surface area contributed by atoms with Gasteiger partial charge in [-0.25, -0.2) is 0 Å². The maximum atomic E-state index is 9.04. The van der Waals surface area contributed by atoms with Gasteiger partial charge in [0.1, 0.15) is 12.9 Å². The fraction of sp³-hybridized carbons (Fsp3) is 0.182. The van der Waals surface area contributed by atoms with Gasteiger partial charge < -0.3 is 5.11 Å². The summed E-state index contributed by atoms with van der Waals surface area (Å²) in [6.45, 7) is -0.153. The second-order valence-corrected chi connectivity index (χ2v) is 3.28. The van der Waals surface area contributed by atoms with E-state index in [4.69, 9.17) is 10.4 Å². The first-order valence-corrected chi connectivity index (χ1v) is 4.81. The van der Waals surface area contributed by atoms with Crippen molar-refractivity contribution in [2.24, 2.45) is 0 Å². The number of nitriles is 1. The largest absolute Gasteiger partial charge is 0.388 e. The Hall–Kier alpha value is -2.19. The number of benzene rings is 1. The van der Waals surface area contributed by atoms with Gasteiger partial charge in [-0.2, -0.15) is 5.26 Å². The van der Waals surface area contributed by atoms with Crippen LogP contribution in [-0.4, -0.2) is 19.9 Å². The van der Waals surface area contributed by atoms with Crippen molar-refractivity contribution in [1.29, 1.82) is 5.26 Å². The third kappa shape index (κ3) is 1.92. The molecule has 0 aliphatic heterocycles. The Morgan fingerprint density at radius 1 is 1.31 bits per heavy atom. The van der Waals surface area contributed by atoms with E-state index in [0.717, 1.165) is 11.3 Å². The van der Waals surface area contributed by atoms with Crippen LogP contribution in [0.15, 0.2) is 30.6 Å². The summed E-state index contributed by atoms with van der Waals surface area (Å²) < 4.78 is 1.70. The lowest BCUT2D eigenvalue weighted by molar-refractivity contribution is 0.269. The molecule has 1 N–H and O–H groups in total. The van der Waals surface area contributed by atoms with E-state index < -0.39 is 0 Å². The van der Waals surface area contributed by atoms with Gasteiger partial charge in [0.15, 0.2) is 5.82 Å². The highest BCUT2D eigenvalue weighted by molar-refractivity contribution is 5.36. The molecule has 5 nitrogen and oxygen atoms in total. The highest BCUT2D eigenvalue weighted by atomic mass is 16.3. The predicted molar refractivity (Wildman–Crippen MR) is 56.6 cm³/mol. The zero-order valence-electron chi connectivity index (χ0n) is 8.54. The Labute approximate surface area is 92.6 Å². The molecule has 0 bridgehead atoms. The summed E-state index contributed by atoms with van der Waals surface area (Å²) in [7, 11) is 0. The van der Waals surface area contributed by atoms with Crippen molar-refractivity contribution in [3.63, 3.8) is 0 Å². The van der Waals surface area contributed by atoms with E-state index in [1.54, 1.807) is 10.9 Å². The first-order chi connectivity index (χ1) is 7.85. The Bertz CT molecular complexity index is 510. The van der Waals surface area contributed by atoms with E-state index >= 15 is 0 Å². The average molecular weight is 214 g/mol. The van der Waals surface area contributed by atoms with Crippen molar-refractivity contribution < 1.29 is 5.11 Å². The van der Waals surface area contributed by atoms with Gasteiger partial charge in [0.25, 0.3) is 0 Å². The molecule has 0 amide bonds. The SMILES string of the molecule is N#CCc1ccc(-n2cnnc2CO)cc1. The molecule has 2 rings (SSSR count). The highest BCUT2D eigenvalue weighted by Gasteiger charge is 2.04. The van der Waals surface area contributed by atoms with Crippen LogP contribution in [0.2, 0.25) is 0 Å². The molecular weight excluding hydrogens is 204 g/mol. The molecule has 0 fully saturated rings. The Kier molecular flexibility index (Phi) is 2.94. The van der Waals surface area contributed by atoms with Gasteiger partial charge in [0.05, 0.1) is 12.5 Å². The second kappa shape index (κ2) is 4.55. The van der Waals surface area contributed by atoms with Crippen LogP contribution in [0.1, 0.15) is 11.4 Å². The molecule has 0 atom stereocenters. The Morgan fingerprint density at radius 3 is 2.69 bits per heavy atom. The van der Waals surface area contributed by atoms with E-state index in [1.807, 2.05) is 24.3 Å². The molecule has 0 aliphatic rings. The van der Waals surface area contributed by atoms with Gasteiger partial charge in [-0.3, -0.25) is 4.57 Å². The zero-order valence-corrected chi connectivity index (χ0v) is 8.54. The third-order valence-electron chi connectivity index (χ3n) is 2.26. The van der Waals surface area contributed by atoms with Crippen molar-refractivity contribution in [2.75, 3.05) is 0 Å². The van der Waals surface area contributed by atoms with Gasteiger partial charge >= 0.3 is 0 Å². The molecule has 0 saturated carbocycles. The van der Waals surface area contributed by atoms with Crippen LogP contribution in [0.5, 0.6) is 0 Å². The van der Waals surface area contributed by atoms with Gasteiger partial charge in [0.2, 0.25) is 0 Å². The molecule has 80 valence electrons. The lowest BCUT2D eigenvalue weighted by Crippen LogP contribution is -2.00. The lowest BCUT2D eigenvalue weighted by atomic mass is 10.1. The molecule has 2 aromatic rings. The van der Waals surface area contributed by atoms with Crippen molar-refractivity contribution >= 4 is 0 Å². The molecule has 0 radical (unpaired) electrons. The van der Waals surface area contributed by atoms with Crippen LogP contribution in [0, 0.1) is 11.3 Å². The van der Waals surface area contributed by atoms with Crippen LogP contribution in [0.25, 0.3) is 5.69 Å². The topological polar surface area (TPSA) is 74.7 Å². The van der Waals surface area contributed by atoms with Crippen LogP contribution in [0.4, 0.5) is 0 Å². The molecule has 1 aromatic carbocycles. The third-order valence-corrected chi connectivity index (χ3v) is 2.26. The van der Waals surface area contributed by atoms with Crippen molar-refractivity contribution in [2.45, 2.75) is 13.0 Å². The van der Waals surface area contributed by atoms with Crippen molar-refractivity contribution in [3.05, 3.63) is 42.0 Å². The quantitative estimate of drug-likeness (QED) is 0.821. The number of aliphatic hydroxyl groups excluding tert-OH is 1. The molecule has 0 unspecified atom stereocenters. The average Bonchev–Trinajstić information content (AvgIpc) is 2.78. The van der Waals surface area contributed by atoms with Gasteiger partial charge in [-0.05, 0) is 17.7 Å². The minimum absolute atomic E-state index is 0.153. The van der Waals surface area contributed by atoms with E-state index in [1.165, 1.54) is 0 Å². The van der Waals surface area contributed by atoms with Crippen molar-refractivity contribution in [1.82, 2.24) is 14.8 Å². The van der Waals surface area contributed by atoms with E-state index in [2.05, 4.69) is 16.3 Å². The fourth-order valence-corrected chi connectivity index (χ4v) is 1.45. The maximum absolute atomic E-state index is 9.04. The monoisotopic (exact) mass is 214 g/mol. The number of aliphatic hydroxyl groups is 1. The summed E-state index contributed by atoms with van der Waals surface area (Å²) in [6.07, 6.45) is 1.94. The number of aromatic nitrogens is 3. The standard InChI is InChI=1S/C11H10N4O/c12-6-5-9-1-3-10(4-2-9)15-8-13-14-11(15)7-16/h1-4,8,16H,5,7H2. The Balaban J connectivity index is 2.32. The van der Waals surface area contributed by atoms with Gasteiger partial charge in [-0.15, -0.1) is 10.2 Å². The molecule has 0 spiro atoms. The summed E-state index contributed by atoms with van der Waals surface area (Å²) in [4.78, 5) is 0. The number of nitrogens with zero attached hydrogens (tertiary/aromatic N) is 4. The summed E-state index contributed by atoms with van der Waals surface area (Å²) in [5.74, 6) is 0.494. The van der Waals surface area contributed by atoms with Crippen LogP contribution < -0.4 is 0 Å². The fourth-order valence-electron chi connectivity index (χ4n) is 1.45. The van der Waals surface area contributed by atoms with E-state index in [0.29, 0.717) is 12.2 Å². The second-order valence-electron chi connectivity index (χ2n) is 3.28. The minimum atomic E-state index is -0.153. The molecular formula is C11H10N4O. The van der Waals surface area contributed by atoms with Crippen LogP contribution in [0.3, 0.4) is 0 Å². The van der Waals surface area contributed by atoms with Crippen LogP contribution >= 0.6 is 0 Å². The normalized spacial score (nSPS) is 10.0. The maximum Gasteiger partial charge on any atom is 0.163 e. The Morgan fingerprint density at radius 2 is 2.06 bits per heavy atom. The molecule has 5 heteroatoms. The molecule has 16 heavy (non-hydrogen) atoms. The molecule has 1 aromatic heterocycles. The molecule has 1 heterocycles.